The molecule has 0 radical (unpaired) electrons. The first kappa shape index (κ1) is 14.0. The van der Waals surface area contributed by atoms with Gasteiger partial charge in [0.1, 0.15) is 6.10 Å². The third kappa shape index (κ3) is 2.51. The zero-order valence-electron chi connectivity index (χ0n) is 12.7. The Kier molecular flexibility index (Phi) is 3.64. The van der Waals surface area contributed by atoms with Gasteiger partial charge in [0.2, 0.25) is 0 Å². The summed E-state index contributed by atoms with van der Waals surface area (Å²) >= 11 is 0. The normalized spacial score (nSPS) is 17.6. The van der Waals surface area contributed by atoms with Gasteiger partial charge in [-0.25, -0.2) is 0 Å². The molecule has 110 valence electrons. The number of fused-ring (bicyclic) bond motifs is 1. The fraction of sp³-hybridized carbons (Fsp3) is 0.412. The molecule has 0 fully saturated rings. The largest absolute Gasteiger partial charge is 0.371 e. The van der Waals surface area contributed by atoms with Gasteiger partial charge in [0.25, 0.3) is 0 Å². The lowest BCUT2D eigenvalue weighted by atomic mass is 9.97. The molecule has 1 aromatic carbocycles. The summed E-state index contributed by atoms with van der Waals surface area (Å²) in [5.74, 6) is 0.0706. The second-order valence-electron chi connectivity index (χ2n) is 5.59. The zero-order chi connectivity index (χ0) is 15.0. The molecule has 1 atom stereocenters. The second kappa shape index (κ2) is 5.45. The summed E-state index contributed by atoms with van der Waals surface area (Å²) < 4.78 is 7.83. The molecule has 21 heavy (non-hydrogen) atoms. The van der Waals surface area contributed by atoms with Crippen LogP contribution in [0.2, 0.25) is 0 Å². The number of ether oxygens (including phenoxy) is 1. The smallest absolute Gasteiger partial charge is 0.163 e. The Hall–Kier alpha value is -1.94. The Morgan fingerprint density at radius 2 is 2.14 bits per heavy atom. The van der Waals surface area contributed by atoms with Crippen LogP contribution in [-0.4, -0.2) is 22.2 Å². The summed E-state index contributed by atoms with van der Waals surface area (Å²) in [7, 11) is 0. The number of carbonyl (C=O) groups excluding carboxylic acids is 1. The molecule has 0 aliphatic carbocycles. The minimum atomic E-state index is 0.00718. The predicted octanol–water partition coefficient (Wildman–Crippen LogP) is 3.02. The topological polar surface area (TPSA) is 44.1 Å². The lowest BCUT2D eigenvalue weighted by molar-refractivity contribution is 0.0278. The van der Waals surface area contributed by atoms with E-state index in [9.17, 15) is 4.79 Å². The van der Waals surface area contributed by atoms with Crippen molar-refractivity contribution >= 4 is 5.78 Å². The average Bonchev–Trinajstić information content (AvgIpc) is 2.74. The van der Waals surface area contributed by atoms with E-state index in [0.717, 1.165) is 30.0 Å². The van der Waals surface area contributed by atoms with Crippen molar-refractivity contribution in [2.24, 2.45) is 0 Å². The van der Waals surface area contributed by atoms with E-state index in [2.05, 4.69) is 23.3 Å². The SMILES string of the molecule is CC(=O)c1c(C)nn(CC2OCCc3ccccc32)c1C. The highest BCUT2D eigenvalue weighted by Crippen LogP contribution is 2.29. The molecule has 1 unspecified atom stereocenters. The maximum absolute atomic E-state index is 11.7. The van der Waals surface area contributed by atoms with Crippen molar-refractivity contribution in [1.29, 1.82) is 0 Å². The molecular formula is C17H20N2O2. The fourth-order valence-electron chi connectivity index (χ4n) is 3.17. The standard InChI is InChI=1S/C17H20N2O2/c1-11-17(13(3)20)12(2)19(18-11)10-16-15-7-5-4-6-14(15)8-9-21-16/h4-7,16H,8-10H2,1-3H3. The lowest BCUT2D eigenvalue weighted by Crippen LogP contribution is -2.21. The molecule has 0 saturated heterocycles. The predicted molar refractivity (Wildman–Crippen MR) is 80.5 cm³/mol. The zero-order valence-corrected chi connectivity index (χ0v) is 12.7. The summed E-state index contributed by atoms with van der Waals surface area (Å²) in [6, 6.07) is 8.39. The van der Waals surface area contributed by atoms with E-state index in [1.165, 1.54) is 11.1 Å². The van der Waals surface area contributed by atoms with E-state index in [0.29, 0.717) is 6.54 Å². The van der Waals surface area contributed by atoms with E-state index in [1.54, 1.807) is 6.92 Å². The van der Waals surface area contributed by atoms with Crippen molar-refractivity contribution < 1.29 is 9.53 Å². The molecule has 0 amide bonds. The van der Waals surface area contributed by atoms with Crippen molar-refractivity contribution in [1.82, 2.24) is 9.78 Å². The Labute approximate surface area is 124 Å². The minimum absolute atomic E-state index is 0.00718. The molecule has 3 rings (SSSR count). The molecule has 1 aliphatic rings. The Morgan fingerprint density at radius 3 is 2.86 bits per heavy atom. The van der Waals surface area contributed by atoms with Gasteiger partial charge < -0.3 is 4.74 Å². The maximum Gasteiger partial charge on any atom is 0.163 e. The van der Waals surface area contributed by atoms with Crippen molar-refractivity contribution in [3.05, 3.63) is 52.3 Å². The lowest BCUT2D eigenvalue weighted by Gasteiger charge is -2.26. The van der Waals surface area contributed by atoms with Gasteiger partial charge in [-0.1, -0.05) is 24.3 Å². The first-order valence-corrected chi connectivity index (χ1v) is 7.32. The van der Waals surface area contributed by atoms with Gasteiger partial charge in [-0.15, -0.1) is 0 Å². The van der Waals surface area contributed by atoms with Crippen LogP contribution in [-0.2, 0) is 17.7 Å². The number of aromatic nitrogens is 2. The van der Waals surface area contributed by atoms with Crippen LogP contribution < -0.4 is 0 Å². The molecule has 0 saturated carbocycles. The number of Topliss-reactive ketones (excluding diaryl/α,β-unsaturated/α-hetero) is 1. The highest BCUT2D eigenvalue weighted by molar-refractivity contribution is 5.96. The quantitative estimate of drug-likeness (QED) is 0.814. The number of hydrogen-bond acceptors (Lipinski definition) is 3. The number of ketones is 1. The van der Waals surface area contributed by atoms with Gasteiger partial charge in [0, 0.05) is 5.69 Å². The van der Waals surface area contributed by atoms with Crippen LogP contribution in [0.1, 0.15) is 45.9 Å². The van der Waals surface area contributed by atoms with Crippen LogP contribution >= 0.6 is 0 Å². The molecule has 0 bridgehead atoms. The number of benzene rings is 1. The highest BCUT2D eigenvalue weighted by atomic mass is 16.5. The van der Waals surface area contributed by atoms with Crippen LogP contribution in [0.4, 0.5) is 0 Å². The van der Waals surface area contributed by atoms with Crippen LogP contribution in [0.25, 0.3) is 0 Å². The molecule has 4 heteroatoms. The second-order valence-corrected chi connectivity index (χ2v) is 5.59. The summed E-state index contributed by atoms with van der Waals surface area (Å²) in [6.07, 6.45) is 0.968. The molecule has 0 N–H and O–H groups in total. The fourth-order valence-corrected chi connectivity index (χ4v) is 3.17. The average molecular weight is 284 g/mol. The number of carbonyl (C=O) groups is 1. The van der Waals surface area contributed by atoms with E-state index in [1.807, 2.05) is 24.6 Å². The molecule has 4 nitrogen and oxygen atoms in total. The van der Waals surface area contributed by atoms with Crippen molar-refractivity contribution in [2.45, 2.75) is 39.8 Å². The summed E-state index contributed by atoms with van der Waals surface area (Å²) in [5.41, 5.74) is 5.04. The Bertz CT molecular complexity index is 688. The molecule has 1 aliphatic heterocycles. The first-order chi connectivity index (χ1) is 10.1. The summed E-state index contributed by atoms with van der Waals surface area (Å²) in [6.45, 7) is 6.81. The van der Waals surface area contributed by atoms with Crippen molar-refractivity contribution in [2.75, 3.05) is 6.61 Å². The first-order valence-electron chi connectivity index (χ1n) is 7.32. The molecule has 2 heterocycles. The Balaban J connectivity index is 1.92. The van der Waals surface area contributed by atoms with Gasteiger partial charge in [0.05, 0.1) is 24.4 Å². The van der Waals surface area contributed by atoms with Gasteiger partial charge in [-0.3, -0.25) is 9.48 Å². The molecular weight excluding hydrogens is 264 g/mol. The third-order valence-corrected chi connectivity index (χ3v) is 4.16. The molecule has 1 aromatic heterocycles. The van der Waals surface area contributed by atoms with Crippen LogP contribution in [0, 0.1) is 13.8 Å². The van der Waals surface area contributed by atoms with Crippen molar-refractivity contribution in [3.8, 4) is 0 Å². The van der Waals surface area contributed by atoms with Crippen molar-refractivity contribution in [3.63, 3.8) is 0 Å². The summed E-state index contributed by atoms with van der Waals surface area (Å²) in [5, 5.41) is 4.51. The number of nitrogens with zero attached hydrogens (tertiary/aromatic N) is 2. The van der Waals surface area contributed by atoms with Gasteiger partial charge in [-0.2, -0.15) is 5.10 Å². The maximum atomic E-state index is 11.7. The van der Waals surface area contributed by atoms with Gasteiger partial charge in [0.15, 0.2) is 5.78 Å². The van der Waals surface area contributed by atoms with Gasteiger partial charge in [-0.05, 0) is 38.3 Å². The number of hydrogen-bond donors (Lipinski definition) is 0. The molecule has 0 spiro atoms. The monoisotopic (exact) mass is 284 g/mol. The summed E-state index contributed by atoms with van der Waals surface area (Å²) in [4.78, 5) is 11.7. The van der Waals surface area contributed by atoms with E-state index < -0.39 is 0 Å². The molecule has 2 aromatic rings. The number of aryl methyl sites for hydroxylation is 1. The minimum Gasteiger partial charge on any atom is -0.371 e. The number of rotatable bonds is 3. The highest BCUT2D eigenvalue weighted by Gasteiger charge is 2.23. The van der Waals surface area contributed by atoms with Crippen LogP contribution in [0.5, 0.6) is 0 Å². The van der Waals surface area contributed by atoms with E-state index >= 15 is 0 Å². The van der Waals surface area contributed by atoms with E-state index in [-0.39, 0.29) is 11.9 Å². The third-order valence-electron chi connectivity index (χ3n) is 4.16. The van der Waals surface area contributed by atoms with Crippen LogP contribution in [0.15, 0.2) is 24.3 Å². The van der Waals surface area contributed by atoms with Crippen LogP contribution in [0.3, 0.4) is 0 Å². The van der Waals surface area contributed by atoms with Gasteiger partial charge >= 0.3 is 0 Å². The van der Waals surface area contributed by atoms with E-state index in [4.69, 9.17) is 4.74 Å². The Morgan fingerprint density at radius 1 is 1.38 bits per heavy atom.